The Hall–Kier alpha value is -5.67. The molecule has 12 bridgehead atoms. The van der Waals surface area contributed by atoms with Crippen molar-refractivity contribution in [2.24, 2.45) is 91.7 Å². The highest BCUT2D eigenvalue weighted by Crippen LogP contribution is 2.63. The molecule has 26 nitrogen and oxygen atoms in total. The third kappa shape index (κ3) is 21.5. The lowest BCUT2D eigenvalue weighted by Crippen LogP contribution is -2.67. The monoisotopic (exact) mass is 1670 g/mol. The normalized spacial score (nSPS) is 34.8. The van der Waals surface area contributed by atoms with Crippen LogP contribution in [0.25, 0.3) is 0 Å². The Morgan fingerprint density at radius 1 is 0.470 bits per heavy atom. The standard InChI is InChI=1S/C18H30O2.C16H24O8S.C16H22O6.C16H26O4.C14H26O2.C10H16O4/c1-5-17(3,4)16(19)20-18(6-2)14-8-12-7-13(10-14)11-15(18)9-12;1-4-16(2,3)14(17)21-5-6-22-15(18)23-12-9-7-10-11(8-9)25(19,20)24-13(10)12;1-4-16(2,3)15(19)20-7-11(17)21-12-8-5-9-10(6-8)14(18)22-13(9)12;1-4-13(2,3)12(17)20-16-7-11-5-14(18,9-16)8-15(19,6-11)10-16;1-5-13(3,4)12(15)16-14(6-2)10-8-7-9-11-14;1-4-10(2,3)9(12)14-7-5-6-13-8(7)11/h12-15H,5-11H2,1-4H3;9-13H,4-8H2,1-3H3;8-10,12-13H,4-7H2,1-3H3;11,18-19H,4-10H2,1-3H3;5-11H2,1-4H3;7H,4-6H2,1-3H3. The fourth-order valence-corrected chi connectivity index (χ4v) is 22.7. The largest absolute Gasteiger partial charge is 0.508 e. The molecule has 666 valence electrons. The first-order chi connectivity index (χ1) is 54.4. The number of ether oxygens (including phenoxy) is 11. The summed E-state index contributed by atoms with van der Waals surface area (Å²) < 4.78 is 87.6. The lowest BCUT2D eigenvalue weighted by atomic mass is 9.49. The highest BCUT2D eigenvalue weighted by molar-refractivity contribution is 7.87. The second-order valence-corrected chi connectivity index (χ2v) is 42.8. The fraction of sp³-hybridized carbons (Fsp3) is 0.889. The Morgan fingerprint density at radius 2 is 0.949 bits per heavy atom. The van der Waals surface area contributed by atoms with Gasteiger partial charge in [-0.3, -0.25) is 37.7 Å². The van der Waals surface area contributed by atoms with Gasteiger partial charge in [-0.1, -0.05) is 61.8 Å². The number of rotatable bonds is 25. The summed E-state index contributed by atoms with van der Waals surface area (Å²) in [6.45, 7) is 38.4. The van der Waals surface area contributed by atoms with E-state index in [2.05, 4.69) is 20.8 Å². The number of esters is 9. The molecule has 13 atom stereocenters. The van der Waals surface area contributed by atoms with E-state index in [4.69, 9.17) is 56.3 Å². The maximum Gasteiger partial charge on any atom is 0.508 e. The van der Waals surface area contributed by atoms with Crippen molar-refractivity contribution in [3.8, 4) is 0 Å². The summed E-state index contributed by atoms with van der Waals surface area (Å²) in [6.07, 6.45) is 22.3. The topological polar surface area (TPSA) is 356 Å². The second kappa shape index (κ2) is 36.8. The minimum Gasteiger partial charge on any atom is -0.463 e. The molecule has 3 aliphatic heterocycles. The minimum absolute atomic E-state index is 0.00636. The fourth-order valence-electron chi connectivity index (χ4n) is 20.8. The van der Waals surface area contributed by atoms with Crippen LogP contribution in [0.1, 0.15) is 325 Å². The van der Waals surface area contributed by atoms with Gasteiger partial charge in [0.1, 0.15) is 54.4 Å². The quantitative estimate of drug-likeness (QED) is 0.0371. The first-order valence-corrected chi connectivity index (χ1v) is 45.9. The molecule has 0 aromatic rings. The van der Waals surface area contributed by atoms with E-state index in [9.17, 15) is 66.6 Å². The van der Waals surface area contributed by atoms with Crippen molar-refractivity contribution in [1.29, 1.82) is 0 Å². The van der Waals surface area contributed by atoms with E-state index >= 15 is 0 Å². The third-order valence-electron chi connectivity index (χ3n) is 30.3. The van der Waals surface area contributed by atoms with E-state index in [1.54, 1.807) is 41.5 Å². The summed E-state index contributed by atoms with van der Waals surface area (Å²) in [7, 11) is -3.54. The van der Waals surface area contributed by atoms with Crippen molar-refractivity contribution in [2.75, 3.05) is 26.4 Å². The number of cyclic esters (lactones) is 1. The van der Waals surface area contributed by atoms with Gasteiger partial charge in [-0.25, -0.2) is 14.4 Å². The van der Waals surface area contributed by atoms with Gasteiger partial charge in [0.25, 0.3) is 10.1 Å². The number of hydrogen-bond acceptors (Lipinski definition) is 26. The molecule has 16 fully saturated rings. The molecule has 16 rings (SSSR count). The Morgan fingerprint density at radius 3 is 1.45 bits per heavy atom. The summed E-state index contributed by atoms with van der Waals surface area (Å²) in [5.74, 6) is 1.26. The van der Waals surface area contributed by atoms with Crippen LogP contribution in [-0.2, 0) is 110 Å². The molecule has 16 aliphatic rings. The molecule has 0 aromatic carbocycles. The summed E-state index contributed by atoms with van der Waals surface area (Å²) in [4.78, 5) is 119. The first-order valence-electron chi connectivity index (χ1n) is 44.4. The molecule has 27 heteroatoms. The molecule has 117 heavy (non-hydrogen) atoms. The van der Waals surface area contributed by atoms with Crippen molar-refractivity contribution in [2.45, 2.75) is 388 Å². The van der Waals surface area contributed by atoms with E-state index in [1.165, 1.54) is 51.4 Å². The van der Waals surface area contributed by atoms with E-state index in [0.717, 1.165) is 88.9 Å². The van der Waals surface area contributed by atoms with Crippen LogP contribution in [-0.4, -0.2) is 169 Å². The van der Waals surface area contributed by atoms with Gasteiger partial charge in [0.2, 0.25) is 6.10 Å². The Labute approximate surface area is 696 Å². The molecule has 0 spiro atoms. The summed E-state index contributed by atoms with van der Waals surface area (Å²) in [5, 5.41) is 20.9. The van der Waals surface area contributed by atoms with Crippen LogP contribution >= 0.6 is 0 Å². The van der Waals surface area contributed by atoms with Crippen molar-refractivity contribution in [1.82, 2.24) is 0 Å². The second-order valence-electron chi connectivity index (χ2n) is 41.0. The predicted octanol–water partition coefficient (Wildman–Crippen LogP) is 15.2. The van der Waals surface area contributed by atoms with Gasteiger partial charge >= 0.3 is 59.9 Å². The lowest BCUT2D eigenvalue weighted by Gasteiger charge is -2.62. The van der Waals surface area contributed by atoms with Gasteiger partial charge in [-0.05, 0) is 267 Å². The predicted molar refractivity (Wildman–Crippen MR) is 430 cm³/mol. The molecule has 3 saturated heterocycles. The van der Waals surface area contributed by atoms with Gasteiger partial charge < -0.3 is 62.3 Å². The maximum atomic E-state index is 12.6. The Balaban J connectivity index is 0.000000162. The molecular formula is C90H144O26S. The van der Waals surface area contributed by atoms with Crippen molar-refractivity contribution in [3.63, 3.8) is 0 Å². The summed E-state index contributed by atoms with van der Waals surface area (Å²) in [6, 6.07) is 0. The molecule has 0 aromatic heterocycles. The SMILES string of the molecule is CCC(C)(C)C(=O)OC1(CC)C2CC3CC(C2)CC1C3.CCC(C)(C)C(=O)OC12CC3CC(O)(CC(O)(C3)C1)C2.CCC(C)(C)C(=O)OC1CCOC1=O.CCC(C)(C)C(=O)OCC(=O)OC1C2CC3C(=O)OC1C3C2.CCC(C)(C)C(=O)OCCOC(=O)OC1C2CC3C1OS(=O)(=O)C3C2.CCC1(OC(=O)C(C)(C)CC)CCCCC1. The molecule has 13 unspecified atom stereocenters. The van der Waals surface area contributed by atoms with Crippen LogP contribution in [0.15, 0.2) is 0 Å². The molecule has 13 aliphatic carbocycles. The average Bonchev–Trinajstić information content (AvgIpc) is 1.68. The van der Waals surface area contributed by atoms with Gasteiger partial charge in [0, 0.05) is 49.4 Å². The van der Waals surface area contributed by atoms with Crippen LogP contribution < -0.4 is 0 Å². The van der Waals surface area contributed by atoms with Crippen molar-refractivity contribution in [3.05, 3.63) is 0 Å². The van der Waals surface area contributed by atoms with Gasteiger partial charge in [0.15, 0.2) is 6.61 Å². The third-order valence-corrected chi connectivity index (χ3v) is 32.1. The van der Waals surface area contributed by atoms with Gasteiger partial charge in [-0.2, -0.15) is 8.42 Å². The highest BCUT2D eigenvalue weighted by atomic mass is 32.2. The van der Waals surface area contributed by atoms with E-state index in [1.807, 2.05) is 76.2 Å². The zero-order chi connectivity index (χ0) is 86.8. The number of fused-ring (bicyclic) bond motifs is 2. The molecule has 13 saturated carbocycles. The average molecular weight is 1670 g/mol. The molecule has 3 heterocycles. The number of aliphatic hydroxyl groups is 2. The number of carbonyl (C=O) groups excluding carboxylic acids is 10. The molecular weight excluding hydrogens is 1530 g/mol. The van der Waals surface area contributed by atoms with E-state index in [-0.39, 0.29) is 125 Å². The maximum absolute atomic E-state index is 12.6. The van der Waals surface area contributed by atoms with Gasteiger partial charge in [0.05, 0.1) is 61.5 Å². The van der Waals surface area contributed by atoms with Crippen LogP contribution in [0.2, 0.25) is 0 Å². The van der Waals surface area contributed by atoms with Crippen LogP contribution in [0.3, 0.4) is 0 Å². The first kappa shape index (κ1) is 95.2. The number of hydrogen-bond donors (Lipinski definition) is 2. The van der Waals surface area contributed by atoms with Crippen LogP contribution in [0, 0.1) is 91.7 Å². The Kier molecular flexibility index (Phi) is 29.9. The van der Waals surface area contributed by atoms with Crippen molar-refractivity contribution >= 4 is 70.0 Å². The lowest BCUT2D eigenvalue weighted by molar-refractivity contribution is -0.264. The van der Waals surface area contributed by atoms with Crippen molar-refractivity contribution < 1.29 is 123 Å². The molecule has 0 radical (unpaired) electrons. The van der Waals surface area contributed by atoms with Gasteiger partial charge in [-0.15, -0.1) is 0 Å². The molecule has 2 N–H and O–H groups in total. The summed E-state index contributed by atoms with van der Waals surface area (Å²) >= 11 is 0. The van der Waals surface area contributed by atoms with E-state index in [0.29, 0.717) is 76.2 Å². The smallest absolute Gasteiger partial charge is 0.463 e. The minimum atomic E-state index is -3.54. The molecule has 0 amide bonds. The van der Waals surface area contributed by atoms with E-state index < -0.39 is 96.2 Å². The summed E-state index contributed by atoms with van der Waals surface area (Å²) in [5.41, 5.74) is -5.50. The zero-order valence-corrected chi connectivity index (χ0v) is 75.0. The number of carbonyl (C=O) groups is 10. The zero-order valence-electron chi connectivity index (χ0n) is 74.2. The highest BCUT2D eigenvalue weighted by Gasteiger charge is 2.68. The van der Waals surface area contributed by atoms with Crippen LogP contribution in [0.5, 0.6) is 0 Å². The van der Waals surface area contributed by atoms with Crippen LogP contribution in [0.4, 0.5) is 4.79 Å². The Bertz CT molecular complexity index is 3630.